The molecule has 3 aliphatic heterocycles. The van der Waals surface area contributed by atoms with Gasteiger partial charge in [0.1, 0.15) is 72.5 Å². The summed E-state index contributed by atoms with van der Waals surface area (Å²) in [4.78, 5) is 22.9. The molecule has 0 radical (unpaired) electrons. The van der Waals surface area contributed by atoms with E-state index in [0.29, 0.717) is 0 Å². The normalized spacial score (nSPS) is 32.1. The standard InChI is InChI=1S/C31H36O21/c32-7-18-22(39)24(41)26(43)30(51-18)49-16-4-10(33)3-15-11(16)5-17(28(48-15)9-1-12(34)21(38)13(35)2-9)50-31-27(44)25(42)23(40)19(52-31)8-47-20(37)6-14(36)29(45)46/h1-5,14,18-19,22-28,30-36,38-44H,6-8H2,(H,45,46)/p+1. The Labute approximate surface area is 291 Å². The van der Waals surface area contributed by atoms with E-state index in [1.807, 2.05) is 0 Å². The molecular weight excluding hydrogens is 708 g/mol. The molecule has 286 valence electrons. The first kappa shape index (κ1) is 38.5. The molecule has 3 heterocycles. The molecule has 3 aliphatic rings. The van der Waals surface area contributed by atoms with Crippen molar-refractivity contribution in [1.29, 1.82) is 0 Å². The highest BCUT2D eigenvalue weighted by atomic mass is 16.7. The van der Waals surface area contributed by atoms with Crippen molar-refractivity contribution in [2.75, 3.05) is 13.2 Å². The lowest BCUT2D eigenvalue weighted by atomic mass is 9.98. The van der Waals surface area contributed by atoms with Gasteiger partial charge in [0.05, 0.1) is 24.7 Å². The van der Waals surface area contributed by atoms with E-state index in [-0.39, 0.29) is 28.4 Å². The number of aliphatic hydroxyl groups is 9. The minimum Gasteiger partial charge on any atom is -0.571 e. The minimum absolute atomic E-state index is 0.0263. The van der Waals surface area contributed by atoms with Crippen LogP contribution < -0.4 is 4.74 Å². The third-order valence-electron chi connectivity index (χ3n) is 8.40. The molecule has 12 atom stereocenters. The van der Waals surface area contributed by atoms with Crippen LogP contribution in [0.4, 0.5) is 0 Å². The first-order chi connectivity index (χ1) is 24.5. The van der Waals surface area contributed by atoms with Crippen molar-refractivity contribution in [1.82, 2.24) is 0 Å². The van der Waals surface area contributed by atoms with Crippen molar-refractivity contribution >= 4 is 18.0 Å². The van der Waals surface area contributed by atoms with Gasteiger partial charge in [-0.25, -0.2) is 4.79 Å². The van der Waals surface area contributed by atoms with E-state index in [0.717, 1.165) is 24.3 Å². The summed E-state index contributed by atoms with van der Waals surface area (Å²) in [5.41, 5.74) is -0.0839. The number of carbonyl (C=O) groups excluding carboxylic acids is 1. The van der Waals surface area contributed by atoms with E-state index >= 15 is 0 Å². The zero-order valence-corrected chi connectivity index (χ0v) is 26.6. The summed E-state index contributed by atoms with van der Waals surface area (Å²) in [6.07, 6.45) is -21.2. The van der Waals surface area contributed by atoms with Crippen molar-refractivity contribution in [2.24, 2.45) is 0 Å². The maximum Gasteiger partial charge on any atom is 0.333 e. The Kier molecular flexibility index (Phi) is 11.5. The van der Waals surface area contributed by atoms with Gasteiger partial charge in [-0.15, -0.1) is 0 Å². The number of ether oxygens (including phenoxy) is 6. The summed E-state index contributed by atoms with van der Waals surface area (Å²) in [5.74, 6) is -6.48. The number of hydrogen-bond acceptors (Lipinski definition) is 19. The quantitative estimate of drug-likeness (QED) is 0.0596. The number of carboxylic acids is 1. The van der Waals surface area contributed by atoms with Gasteiger partial charge in [0.2, 0.25) is 12.6 Å². The summed E-state index contributed by atoms with van der Waals surface area (Å²) in [6.45, 7) is -1.60. The smallest absolute Gasteiger partial charge is 0.333 e. The zero-order chi connectivity index (χ0) is 38.2. The molecule has 0 saturated carbocycles. The summed E-state index contributed by atoms with van der Waals surface area (Å²) in [6, 6.07) is 4.17. The number of fused-ring (bicyclic) bond motifs is 1. The first-order valence-corrected chi connectivity index (χ1v) is 15.4. The number of phenolic OH excluding ortho intramolecular Hbond substituents is 4. The number of carboxylic acid groups (broad SMARTS) is 1. The molecular formula is C31H37O21+. The fourth-order valence-corrected chi connectivity index (χ4v) is 5.55. The van der Waals surface area contributed by atoms with Crippen LogP contribution in [0.1, 0.15) is 23.7 Å². The van der Waals surface area contributed by atoms with Gasteiger partial charge >= 0.3 is 11.9 Å². The molecule has 0 bridgehead atoms. The number of esters is 1. The first-order valence-electron chi connectivity index (χ1n) is 15.4. The van der Waals surface area contributed by atoms with E-state index in [1.165, 1.54) is 6.08 Å². The lowest BCUT2D eigenvalue weighted by Gasteiger charge is -2.41. The highest BCUT2D eigenvalue weighted by Crippen LogP contribution is 2.48. The average molecular weight is 746 g/mol. The Morgan fingerprint density at radius 3 is 1.96 bits per heavy atom. The molecule has 0 aromatic heterocycles. The predicted molar refractivity (Wildman–Crippen MR) is 163 cm³/mol. The summed E-state index contributed by atoms with van der Waals surface area (Å²) in [7, 11) is 0. The molecule has 0 aliphatic carbocycles. The van der Waals surface area contributed by atoms with Crippen LogP contribution in [0.5, 0.6) is 34.5 Å². The van der Waals surface area contributed by atoms with Gasteiger partial charge in [0, 0.05) is 12.1 Å². The molecule has 2 aromatic carbocycles. The van der Waals surface area contributed by atoms with Crippen molar-refractivity contribution < 1.29 is 104 Å². The Balaban J connectivity index is 1.49. The number of carbonyl (C=O) groups is 2. The van der Waals surface area contributed by atoms with Crippen LogP contribution in [0.25, 0.3) is 6.08 Å². The molecule has 2 saturated heterocycles. The second-order valence-corrected chi connectivity index (χ2v) is 12.1. The highest BCUT2D eigenvalue weighted by Gasteiger charge is 2.48. The van der Waals surface area contributed by atoms with Gasteiger partial charge in [-0.05, 0) is 12.1 Å². The maximum atomic E-state index is 12.0. The largest absolute Gasteiger partial charge is 0.571 e. The van der Waals surface area contributed by atoms with E-state index in [9.17, 15) is 70.9 Å². The molecule has 5 rings (SSSR count). The lowest BCUT2D eigenvalue weighted by molar-refractivity contribution is -0.296. The van der Waals surface area contributed by atoms with Crippen molar-refractivity contribution in [3.05, 3.63) is 41.2 Å². The predicted octanol–water partition coefficient (Wildman–Crippen LogP) is -3.77. The van der Waals surface area contributed by atoms with Crippen LogP contribution in [0.15, 0.2) is 30.0 Å². The summed E-state index contributed by atoms with van der Waals surface area (Å²) >= 11 is 0. The molecule has 14 N–H and O–H groups in total. The summed E-state index contributed by atoms with van der Waals surface area (Å²) < 4.78 is 32.0. The van der Waals surface area contributed by atoms with Gasteiger partial charge in [-0.1, -0.05) is 0 Å². The van der Waals surface area contributed by atoms with E-state index in [1.54, 1.807) is 0 Å². The Bertz CT molecular complexity index is 1640. The zero-order valence-electron chi connectivity index (χ0n) is 26.6. The molecule has 0 spiro atoms. The van der Waals surface area contributed by atoms with Crippen molar-refractivity contribution in [3.8, 4) is 34.5 Å². The molecule has 21 heteroatoms. The van der Waals surface area contributed by atoms with Crippen molar-refractivity contribution in [2.45, 2.75) is 80.0 Å². The molecule has 0 amide bonds. The third-order valence-corrected chi connectivity index (χ3v) is 8.40. The van der Waals surface area contributed by atoms with Gasteiger partial charge in [-0.3, -0.25) is 4.79 Å². The Morgan fingerprint density at radius 1 is 0.788 bits per heavy atom. The van der Waals surface area contributed by atoms with Crippen LogP contribution in [0.2, 0.25) is 0 Å². The fourth-order valence-electron chi connectivity index (χ4n) is 5.55. The average Bonchev–Trinajstić information content (AvgIpc) is 3.09. The van der Waals surface area contributed by atoms with Crippen LogP contribution in [0, 0.1) is 0 Å². The van der Waals surface area contributed by atoms with Gasteiger partial charge < -0.3 is 94.8 Å². The molecule has 52 heavy (non-hydrogen) atoms. The van der Waals surface area contributed by atoms with Gasteiger partial charge in [-0.2, -0.15) is 0 Å². The number of hydrogen-bond donors (Lipinski definition) is 13. The third kappa shape index (κ3) is 7.88. The molecule has 12 unspecified atom stereocenters. The minimum atomic E-state index is -2.09. The number of rotatable bonds is 11. The second-order valence-electron chi connectivity index (χ2n) is 12.1. The number of aromatic hydroxyl groups is 5. The lowest BCUT2D eigenvalue weighted by Crippen LogP contribution is -2.60. The van der Waals surface area contributed by atoms with Gasteiger partial charge in [0.25, 0.3) is 11.9 Å². The molecule has 2 aromatic rings. The summed E-state index contributed by atoms with van der Waals surface area (Å²) in [5, 5.41) is 132. The Morgan fingerprint density at radius 2 is 1.37 bits per heavy atom. The van der Waals surface area contributed by atoms with Crippen molar-refractivity contribution in [3.63, 3.8) is 0 Å². The molecule has 21 nitrogen and oxygen atoms in total. The van der Waals surface area contributed by atoms with Crippen LogP contribution in [0.3, 0.4) is 0 Å². The van der Waals surface area contributed by atoms with Crippen LogP contribution in [-0.4, -0.2) is 164 Å². The maximum absolute atomic E-state index is 12.0. The number of benzene rings is 2. The SMILES string of the molecule is O=C(CC(O)C(=O)O)OCC1OC(OC2=Cc3c(OC4OC(CO)C(O)C(O)C4O)cc(O)cc3[OH+]C2c2cc(O)c(O)c(O)c2)C(O)C(O)C1O. The monoisotopic (exact) mass is 745 g/mol. The Hall–Kier alpha value is -4.68. The number of aliphatic hydroxyl groups excluding tert-OH is 8. The number of phenols is 4. The molecule has 2 fully saturated rings. The van der Waals surface area contributed by atoms with E-state index in [2.05, 4.69) is 4.74 Å². The number of aliphatic carboxylic acids is 1. The van der Waals surface area contributed by atoms with Gasteiger partial charge in [0.15, 0.2) is 29.1 Å². The highest BCUT2D eigenvalue weighted by molar-refractivity contribution is 5.80. The van der Waals surface area contributed by atoms with E-state index in [4.69, 9.17) is 28.8 Å². The fraction of sp³-hybridized carbons (Fsp3) is 0.484. The van der Waals surface area contributed by atoms with E-state index < -0.39 is 128 Å². The van der Waals surface area contributed by atoms with Crippen LogP contribution in [-0.2, 0) is 28.5 Å². The second kappa shape index (κ2) is 15.5. The topological polar surface area (TPSA) is 356 Å². The van der Waals surface area contributed by atoms with Crippen LogP contribution >= 0.6 is 0 Å².